The molecule has 1 saturated heterocycles. The van der Waals surface area contributed by atoms with Crippen LogP contribution < -0.4 is 5.32 Å². The second-order valence-electron chi connectivity index (χ2n) is 6.43. The number of fused-ring (bicyclic) bond motifs is 1. The number of amides is 1. The molecule has 0 spiro atoms. The normalized spacial score (nSPS) is 22.0. The molecule has 0 bridgehead atoms. The average molecular weight is 328 g/mol. The number of piperidine rings is 1. The fourth-order valence-electron chi connectivity index (χ4n) is 3.77. The maximum absolute atomic E-state index is 12.2. The van der Waals surface area contributed by atoms with E-state index in [1.165, 1.54) is 22.7 Å². The van der Waals surface area contributed by atoms with Gasteiger partial charge in [0.25, 0.3) is 5.91 Å². The second-order valence-corrected chi connectivity index (χ2v) is 7.04. The summed E-state index contributed by atoms with van der Waals surface area (Å²) in [6.45, 7) is 2.06. The van der Waals surface area contributed by atoms with Gasteiger partial charge in [0.15, 0.2) is 5.69 Å². The summed E-state index contributed by atoms with van der Waals surface area (Å²) in [5, 5.41) is 8.67. The molecular formula is C17H20N4OS. The molecule has 23 heavy (non-hydrogen) atoms. The number of hydrogen-bond acceptors (Lipinski definition) is 5. The molecule has 2 aliphatic rings. The predicted octanol–water partition coefficient (Wildman–Crippen LogP) is 1.90. The van der Waals surface area contributed by atoms with E-state index in [0.717, 1.165) is 38.8 Å². The first-order valence-electron chi connectivity index (χ1n) is 8.18. The van der Waals surface area contributed by atoms with Crippen molar-refractivity contribution >= 4 is 17.4 Å². The van der Waals surface area contributed by atoms with E-state index in [9.17, 15) is 4.79 Å². The number of nitrogens with zero attached hydrogens (tertiary/aromatic N) is 3. The second kappa shape index (κ2) is 6.37. The van der Waals surface area contributed by atoms with Crippen molar-refractivity contribution in [1.82, 2.24) is 19.8 Å². The predicted molar refractivity (Wildman–Crippen MR) is 89.6 cm³/mol. The Morgan fingerprint density at radius 3 is 2.74 bits per heavy atom. The molecule has 5 nitrogen and oxygen atoms in total. The quantitative estimate of drug-likeness (QED) is 0.935. The Balaban J connectivity index is 1.37. The Kier molecular flexibility index (Phi) is 4.10. The summed E-state index contributed by atoms with van der Waals surface area (Å²) < 4.78 is 3.76. The van der Waals surface area contributed by atoms with Crippen LogP contribution in [-0.4, -0.2) is 45.6 Å². The number of hydrogen-bond donors (Lipinski definition) is 1. The number of benzene rings is 1. The zero-order valence-electron chi connectivity index (χ0n) is 12.9. The summed E-state index contributed by atoms with van der Waals surface area (Å²) in [6.07, 6.45) is 4.44. The molecule has 1 aliphatic heterocycles. The molecule has 6 heteroatoms. The van der Waals surface area contributed by atoms with Gasteiger partial charge in [-0.15, -0.1) is 5.10 Å². The zero-order chi connectivity index (χ0) is 15.6. The van der Waals surface area contributed by atoms with Crippen molar-refractivity contribution in [2.45, 2.75) is 37.8 Å². The van der Waals surface area contributed by atoms with Crippen LogP contribution in [0.4, 0.5) is 0 Å². The van der Waals surface area contributed by atoms with Gasteiger partial charge in [-0.05, 0) is 54.9 Å². The van der Waals surface area contributed by atoms with Gasteiger partial charge in [0.2, 0.25) is 0 Å². The number of carbonyl (C=O) groups is 1. The van der Waals surface area contributed by atoms with Gasteiger partial charge in [0.1, 0.15) is 0 Å². The van der Waals surface area contributed by atoms with Crippen molar-refractivity contribution in [3.05, 3.63) is 46.5 Å². The van der Waals surface area contributed by atoms with Crippen LogP contribution in [0.1, 0.15) is 34.5 Å². The minimum Gasteiger partial charge on any atom is -0.347 e. The van der Waals surface area contributed by atoms with Crippen LogP contribution in [0.2, 0.25) is 0 Å². The lowest BCUT2D eigenvalue weighted by Gasteiger charge is -2.37. The molecule has 2 aromatic rings. The first-order chi connectivity index (χ1) is 11.3. The highest BCUT2D eigenvalue weighted by Gasteiger charge is 2.31. The molecule has 2 heterocycles. The maximum Gasteiger partial charge on any atom is 0.272 e. The molecule has 4 rings (SSSR count). The Hall–Kier alpha value is -1.79. The van der Waals surface area contributed by atoms with E-state index in [2.05, 4.69) is 44.1 Å². The van der Waals surface area contributed by atoms with E-state index in [1.54, 1.807) is 5.38 Å². The molecule has 1 aromatic heterocycles. The minimum atomic E-state index is -0.0969. The highest BCUT2D eigenvalue weighted by atomic mass is 32.1. The van der Waals surface area contributed by atoms with Crippen LogP contribution in [0, 0.1) is 0 Å². The molecule has 1 N–H and O–H groups in total. The summed E-state index contributed by atoms with van der Waals surface area (Å²) in [6, 6.07) is 9.53. The zero-order valence-corrected chi connectivity index (χ0v) is 13.8. The van der Waals surface area contributed by atoms with Crippen molar-refractivity contribution in [3.8, 4) is 0 Å². The molecule has 1 unspecified atom stereocenters. The van der Waals surface area contributed by atoms with Gasteiger partial charge in [-0.25, -0.2) is 0 Å². The number of rotatable bonds is 3. The van der Waals surface area contributed by atoms with Crippen LogP contribution in [0.3, 0.4) is 0 Å². The molecular weight excluding hydrogens is 308 g/mol. The fraction of sp³-hybridized carbons (Fsp3) is 0.471. The average Bonchev–Trinajstić information content (AvgIpc) is 3.24. The SMILES string of the molecule is O=C(NC1CCCN(C2Cc3ccccc3C2)C1)c1csnn1. The summed E-state index contributed by atoms with van der Waals surface area (Å²) in [7, 11) is 0. The molecule has 1 amide bonds. The highest BCUT2D eigenvalue weighted by molar-refractivity contribution is 7.03. The Labute approximate surface area is 139 Å². The monoisotopic (exact) mass is 328 g/mol. The van der Waals surface area contributed by atoms with Gasteiger partial charge in [-0.3, -0.25) is 9.69 Å². The first-order valence-corrected chi connectivity index (χ1v) is 9.02. The Morgan fingerprint density at radius 2 is 2.04 bits per heavy atom. The Morgan fingerprint density at radius 1 is 1.26 bits per heavy atom. The summed E-state index contributed by atoms with van der Waals surface area (Å²) in [5.41, 5.74) is 3.40. The van der Waals surface area contributed by atoms with Crippen LogP contribution in [0.25, 0.3) is 0 Å². The van der Waals surface area contributed by atoms with Crippen molar-refractivity contribution in [3.63, 3.8) is 0 Å². The van der Waals surface area contributed by atoms with Gasteiger partial charge in [0.05, 0.1) is 0 Å². The van der Waals surface area contributed by atoms with Gasteiger partial charge in [-0.1, -0.05) is 28.8 Å². The summed E-state index contributed by atoms with van der Waals surface area (Å²) >= 11 is 1.21. The Bertz CT molecular complexity index is 663. The van der Waals surface area contributed by atoms with Crippen LogP contribution in [-0.2, 0) is 12.8 Å². The topological polar surface area (TPSA) is 58.1 Å². The number of nitrogens with one attached hydrogen (secondary N) is 1. The third kappa shape index (κ3) is 3.14. The summed E-state index contributed by atoms with van der Waals surface area (Å²) in [4.78, 5) is 14.7. The lowest BCUT2D eigenvalue weighted by molar-refractivity contribution is 0.0871. The number of likely N-dealkylation sites (tertiary alicyclic amines) is 1. The van der Waals surface area contributed by atoms with Gasteiger partial charge >= 0.3 is 0 Å². The van der Waals surface area contributed by atoms with E-state index in [1.807, 2.05) is 0 Å². The largest absolute Gasteiger partial charge is 0.347 e. The van der Waals surface area contributed by atoms with Crippen LogP contribution in [0.5, 0.6) is 0 Å². The van der Waals surface area contributed by atoms with E-state index in [-0.39, 0.29) is 11.9 Å². The van der Waals surface area contributed by atoms with Crippen LogP contribution >= 0.6 is 11.5 Å². The van der Waals surface area contributed by atoms with E-state index >= 15 is 0 Å². The molecule has 1 aromatic carbocycles. The van der Waals surface area contributed by atoms with Gasteiger partial charge in [-0.2, -0.15) is 0 Å². The first kappa shape index (κ1) is 14.8. The van der Waals surface area contributed by atoms with Crippen molar-refractivity contribution in [1.29, 1.82) is 0 Å². The summed E-state index contributed by atoms with van der Waals surface area (Å²) in [5.74, 6) is -0.0969. The maximum atomic E-state index is 12.2. The van der Waals surface area contributed by atoms with E-state index < -0.39 is 0 Å². The minimum absolute atomic E-state index is 0.0969. The van der Waals surface area contributed by atoms with Crippen molar-refractivity contribution < 1.29 is 4.79 Å². The van der Waals surface area contributed by atoms with Crippen molar-refractivity contribution in [2.75, 3.05) is 13.1 Å². The third-order valence-electron chi connectivity index (χ3n) is 4.93. The number of carbonyl (C=O) groups excluding carboxylic acids is 1. The molecule has 0 saturated carbocycles. The lowest BCUT2D eigenvalue weighted by Crippen LogP contribution is -2.51. The van der Waals surface area contributed by atoms with Gasteiger partial charge in [0, 0.05) is 24.0 Å². The highest BCUT2D eigenvalue weighted by Crippen LogP contribution is 2.27. The van der Waals surface area contributed by atoms with E-state index in [4.69, 9.17) is 0 Å². The fourth-order valence-corrected chi connectivity index (χ4v) is 4.21. The lowest BCUT2D eigenvalue weighted by atomic mass is 10.0. The van der Waals surface area contributed by atoms with Crippen LogP contribution in [0.15, 0.2) is 29.6 Å². The molecule has 1 aliphatic carbocycles. The van der Waals surface area contributed by atoms with Crippen molar-refractivity contribution in [2.24, 2.45) is 0 Å². The number of aromatic nitrogens is 2. The molecule has 1 fully saturated rings. The smallest absolute Gasteiger partial charge is 0.272 e. The third-order valence-corrected chi connectivity index (χ3v) is 5.43. The van der Waals surface area contributed by atoms with E-state index in [0.29, 0.717) is 11.7 Å². The van der Waals surface area contributed by atoms with Gasteiger partial charge < -0.3 is 5.32 Å². The molecule has 1 atom stereocenters. The standard InChI is InChI=1S/C17H20N4OS/c22-17(16-11-23-20-19-16)18-14-6-3-7-21(10-14)15-8-12-4-1-2-5-13(12)9-15/h1-2,4-5,11,14-15H,3,6-10H2,(H,18,22). The molecule has 0 radical (unpaired) electrons. The molecule has 120 valence electrons.